The van der Waals surface area contributed by atoms with Gasteiger partial charge in [-0.05, 0) is 48.5 Å². The molecule has 0 bridgehead atoms. The normalized spacial score (nSPS) is 14.1. The van der Waals surface area contributed by atoms with Gasteiger partial charge in [0, 0.05) is 44.0 Å². The van der Waals surface area contributed by atoms with Gasteiger partial charge >= 0.3 is 11.8 Å². The molecule has 10 nitrogen and oxygen atoms in total. The van der Waals surface area contributed by atoms with Gasteiger partial charge in [0.15, 0.2) is 5.82 Å². The number of likely N-dealkylation sites (N-methyl/N-ethyl adjacent to an activating group) is 1. The van der Waals surface area contributed by atoms with Crippen LogP contribution in [0.2, 0.25) is 0 Å². The molecule has 3 heterocycles. The van der Waals surface area contributed by atoms with Gasteiger partial charge in [0.05, 0.1) is 24.8 Å². The summed E-state index contributed by atoms with van der Waals surface area (Å²) in [6, 6.07) is 11.8. The Balaban J connectivity index is 1.37. The number of benzene rings is 2. The Morgan fingerprint density at radius 1 is 1.02 bits per heavy atom. The van der Waals surface area contributed by atoms with E-state index in [1.54, 1.807) is 31.3 Å². The van der Waals surface area contributed by atoms with Crippen LogP contribution in [-0.4, -0.2) is 68.2 Å². The van der Waals surface area contributed by atoms with E-state index in [0.29, 0.717) is 30.0 Å². The minimum absolute atomic E-state index is 0.0555. The van der Waals surface area contributed by atoms with Crippen LogP contribution in [0.4, 0.5) is 24.5 Å². The number of rotatable bonds is 7. The number of carbonyl (C=O) groups excluding carboxylic acids is 3. The standard InChI is InChI=1S/C27H24F3N7O3/c1-27(29,30)14-36-15-32-21(16-3-5-17(28)6-4-16)22(36)23-31-13-20(34-23)24(38)33-18-7-9-19(10-8-18)37-12-11-35(2)25(39)26(37)40/h3-10,13,15H,11-12,14H2,1-2H3,(H,31,34)(H,33,38). The van der Waals surface area contributed by atoms with Crippen LogP contribution in [0.5, 0.6) is 0 Å². The molecule has 1 saturated heterocycles. The number of amides is 3. The lowest BCUT2D eigenvalue weighted by Crippen LogP contribution is -2.52. The monoisotopic (exact) mass is 551 g/mol. The highest BCUT2D eigenvalue weighted by molar-refractivity contribution is 6.40. The fraction of sp³-hybridized carbons (Fsp3) is 0.222. The van der Waals surface area contributed by atoms with Gasteiger partial charge in [0.2, 0.25) is 0 Å². The van der Waals surface area contributed by atoms with Crippen molar-refractivity contribution < 1.29 is 27.6 Å². The van der Waals surface area contributed by atoms with Crippen molar-refractivity contribution >= 4 is 29.1 Å². The van der Waals surface area contributed by atoms with Crippen molar-refractivity contribution in [3.05, 3.63) is 72.6 Å². The van der Waals surface area contributed by atoms with E-state index in [1.165, 1.54) is 51.2 Å². The smallest absolute Gasteiger partial charge is 0.316 e. The Bertz CT molecular complexity index is 1570. The highest BCUT2D eigenvalue weighted by Crippen LogP contribution is 2.31. The number of imidazole rings is 2. The third kappa shape index (κ3) is 5.44. The Hall–Kier alpha value is -4.94. The molecule has 13 heteroatoms. The van der Waals surface area contributed by atoms with E-state index in [1.807, 2.05) is 0 Å². The van der Waals surface area contributed by atoms with Crippen LogP contribution in [0.1, 0.15) is 17.4 Å². The highest BCUT2D eigenvalue weighted by atomic mass is 19.3. The largest absolute Gasteiger partial charge is 0.336 e. The molecule has 1 fully saturated rings. The molecular weight excluding hydrogens is 527 g/mol. The Morgan fingerprint density at radius 2 is 1.73 bits per heavy atom. The summed E-state index contributed by atoms with van der Waals surface area (Å²) in [6.45, 7) is 0.845. The van der Waals surface area contributed by atoms with Crippen molar-refractivity contribution in [2.75, 3.05) is 30.4 Å². The number of halogens is 3. The van der Waals surface area contributed by atoms with Crippen LogP contribution in [0, 0.1) is 5.82 Å². The number of alkyl halides is 2. The average molecular weight is 552 g/mol. The molecule has 40 heavy (non-hydrogen) atoms. The first-order valence-electron chi connectivity index (χ1n) is 12.2. The number of piperazine rings is 1. The maximum Gasteiger partial charge on any atom is 0.316 e. The van der Waals surface area contributed by atoms with Gasteiger partial charge in [0.25, 0.3) is 11.8 Å². The molecule has 2 N–H and O–H groups in total. The first-order valence-corrected chi connectivity index (χ1v) is 12.2. The van der Waals surface area contributed by atoms with Gasteiger partial charge in [-0.3, -0.25) is 14.4 Å². The molecule has 2 aromatic heterocycles. The molecule has 1 aliphatic heterocycles. The number of aromatic nitrogens is 4. The van der Waals surface area contributed by atoms with Gasteiger partial charge in [-0.25, -0.2) is 23.1 Å². The van der Waals surface area contributed by atoms with Crippen molar-refractivity contribution in [2.45, 2.75) is 19.4 Å². The van der Waals surface area contributed by atoms with Crippen LogP contribution < -0.4 is 10.2 Å². The average Bonchev–Trinajstić information content (AvgIpc) is 3.55. The van der Waals surface area contributed by atoms with Gasteiger partial charge in [-0.1, -0.05) is 0 Å². The number of nitrogens with one attached hydrogen (secondary N) is 2. The summed E-state index contributed by atoms with van der Waals surface area (Å²) in [6.07, 6.45) is 2.51. The molecule has 0 aliphatic carbocycles. The number of H-pyrrole nitrogens is 1. The van der Waals surface area contributed by atoms with E-state index >= 15 is 0 Å². The number of anilines is 2. The molecule has 0 unspecified atom stereocenters. The second-order valence-electron chi connectivity index (χ2n) is 9.48. The topological polar surface area (TPSA) is 116 Å². The summed E-state index contributed by atoms with van der Waals surface area (Å²) in [7, 11) is 1.56. The number of aromatic amines is 1. The molecular formula is C27H24F3N7O3. The van der Waals surface area contributed by atoms with Crippen molar-refractivity contribution in [1.29, 1.82) is 0 Å². The second kappa shape index (κ2) is 10.3. The zero-order valence-corrected chi connectivity index (χ0v) is 21.5. The fourth-order valence-corrected chi connectivity index (χ4v) is 4.33. The summed E-state index contributed by atoms with van der Waals surface area (Å²) >= 11 is 0. The van der Waals surface area contributed by atoms with Gasteiger partial charge in [-0.15, -0.1) is 0 Å². The lowest BCUT2D eigenvalue weighted by molar-refractivity contribution is -0.145. The minimum Gasteiger partial charge on any atom is -0.336 e. The molecule has 0 radical (unpaired) electrons. The summed E-state index contributed by atoms with van der Waals surface area (Å²) in [5, 5.41) is 2.71. The van der Waals surface area contributed by atoms with E-state index in [-0.39, 0.29) is 22.9 Å². The number of hydrogen-bond acceptors (Lipinski definition) is 5. The first kappa shape index (κ1) is 26.7. The summed E-state index contributed by atoms with van der Waals surface area (Å²) in [5.74, 6) is -5.16. The Kier molecular flexibility index (Phi) is 6.88. The Labute approximate surface area is 226 Å². The molecule has 3 amide bonds. The maximum absolute atomic E-state index is 13.9. The predicted octanol–water partition coefficient (Wildman–Crippen LogP) is 3.79. The molecule has 0 spiro atoms. The lowest BCUT2D eigenvalue weighted by atomic mass is 10.1. The van der Waals surface area contributed by atoms with E-state index in [9.17, 15) is 27.6 Å². The molecule has 5 rings (SSSR count). The molecule has 0 atom stereocenters. The van der Waals surface area contributed by atoms with Crippen molar-refractivity contribution in [2.24, 2.45) is 0 Å². The third-order valence-electron chi connectivity index (χ3n) is 6.32. The molecule has 4 aromatic rings. The molecule has 2 aromatic carbocycles. The quantitative estimate of drug-likeness (QED) is 0.339. The lowest BCUT2D eigenvalue weighted by Gasteiger charge is -2.31. The van der Waals surface area contributed by atoms with Crippen molar-refractivity contribution in [3.63, 3.8) is 0 Å². The number of hydrogen-bond donors (Lipinski definition) is 2. The molecule has 1 aliphatic rings. The van der Waals surface area contributed by atoms with Gasteiger partial charge < -0.3 is 24.7 Å². The zero-order chi connectivity index (χ0) is 28.6. The number of carbonyl (C=O) groups is 3. The van der Waals surface area contributed by atoms with Crippen molar-refractivity contribution in [3.8, 4) is 22.8 Å². The second-order valence-corrected chi connectivity index (χ2v) is 9.48. The van der Waals surface area contributed by atoms with Crippen LogP contribution >= 0.6 is 0 Å². The summed E-state index contributed by atoms with van der Waals surface area (Å²) < 4.78 is 42.5. The van der Waals surface area contributed by atoms with Crippen LogP contribution in [0.15, 0.2) is 61.1 Å². The first-order chi connectivity index (χ1) is 19.0. The van der Waals surface area contributed by atoms with Crippen LogP contribution in [0.25, 0.3) is 22.8 Å². The van der Waals surface area contributed by atoms with Crippen molar-refractivity contribution in [1.82, 2.24) is 24.4 Å². The predicted molar refractivity (Wildman–Crippen MR) is 140 cm³/mol. The minimum atomic E-state index is -3.06. The maximum atomic E-state index is 13.9. The van der Waals surface area contributed by atoms with E-state index in [0.717, 1.165) is 6.92 Å². The fourth-order valence-electron chi connectivity index (χ4n) is 4.33. The SMILES string of the molecule is CN1CCN(c2ccc(NC(=O)c3cnc(-c4c(-c5ccc(F)cc5)ncn4CC(C)(F)F)[nH]3)cc2)C(=O)C1=O. The van der Waals surface area contributed by atoms with Crippen LogP contribution in [0.3, 0.4) is 0 Å². The number of nitrogens with zero attached hydrogens (tertiary/aromatic N) is 5. The third-order valence-corrected chi connectivity index (χ3v) is 6.32. The Morgan fingerprint density at radius 3 is 2.40 bits per heavy atom. The van der Waals surface area contributed by atoms with E-state index < -0.39 is 36.0 Å². The van der Waals surface area contributed by atoms with E-state index in [4.69, 9.17) is 0 Å². The zero-order valence-electron chi connectivity index (χ0n) is 21.5. The van der Waals surface area contributed by atoms with Gasteiger partial charge in [-0.2, -0.15) is 0 Å². The van der Waals surface area contributed by atoms with E-state index in [2.05, 4.69) is 20.3 Å². The van der Waals surface area contributed by atoms with Crippen LogP contribution in [-0.2, 0) is 16.1 Å². The summed E-state index contributed by atoms with van der Waals surface area (Å²) in [5.41, 5.74) is 1.97. The molecule has 206 valence electrons. The summed E-state index contributed by atoms with van der Waals surface area (Å²) in [4.78, 5) is 51.3. The molecule has 0 saturated carbocycles. The van der Waals surface area contributed by atoms with Gasteiger partial charge in [0.1, 0.15) is 17.2 Å². The highest BCUT2D eigenvalue weighted by Gasteiger charge is 2.31.